The van der Waals surface area contributed by atoms with E-state index in [0.29, 0.717) is 12.5 Å². The summed E-state index contributed by atoms with van der Waals surface area (Å²) in [6, 6.07) is 0. The van der Waals surface area contributed by atoms with Crippen LogP contribution in [0.15, 0.2) is 11.6 Å². The lowest BCUT2D eigenvalue weighted by Gasteiger charge is -2.10. The summed E-state index contributed by atoms with van der Waals surface area (Å²) in [4.78, 5) is 11.4. The highest BCUT2D eigenvalue weighted by atomic mass is 16.5. The molecule has 0 rings (SSSR count). The number of allylic oxidation sites excluding steroid dienone is 1. The van der Waals surface area contributed by atoms with Crippen LogP contribution in [0, 0.1) is 5.92 Å². The molecular formula is C13H24O2. The van der Waals surface area contributed by atoms with E-state index in [9.17, 15) is 4.79 Å². The van der Waals surface area contributed by atoms with Crippen molar-refractivity contribution in [2.24, 2.45) is 5.92 Å². The van der Waals surface area contributed by atoms with Crippen LogP contribution >= 0.6 is 0 Å². The van der Waals surface area contributed by atoms with Gasteiger partial charge in [-0.2, -0.15) is 0 Å². The molecule has 0 heterocycles. The SMILES string of the molecule is CCCC[C@@H](/C=C(\C)C(=O)OCC)CC. The maximum Gasteiger partial charge on any atom is 0.333 e. The van der Waals surface area contributed by atoms with Gasteiger partial charge in [-0.3, -0.25) is 0 Å². The van der Waals surface area contributed by atoms with Gasteiger partial charge < -0.3 is 4.74 Å². The highest BCUT2D eigenvalue weighted by Crippen LogP contribution is 2.16. The number of hydrogen-bond acceptors (Lipinski definition) is 2. The molecule has 0 saturated heterocycles. The molecule has 0 amide bonds. The summed E-state index contributed by atoms with van der Waals surface area (Å²) in [7, 11) is 0. The third-order valence-corrected chi connectivity index (χ3v) is 2.54. The normalized spacial score (nSPS) is 13.7. The van der Waals surface area contributed by atoms with Crippen LogP contribution in [0.3, 0.4) is 0 Å². The number of rotatable bonds is 7. The van der Waals surface area contributed by atoms with Gasteiger partial charge in [0.05, 0.1) is 6.61 Å². The summed E-state index contributed by atoms with van der Waals surface area (Å²) in [5, 5.41) is 0. The van der Waals surface area contributed by atoms with E-state index in [0.717, 1.165) is 12.0 Å². The van der Waals surface area contributed by atoms with Gasteiger partial charge in [-0.25, -0.2) is 4.79 Å². The average Bonchev–Trinajstić information content (AvgIpc) is 2.24. The molecule has 15 heavy (non-hydrogen) atoms. The summed E-state index contributed by atoms with van der Waals surface area (Å²) in [6.45, 7) is 8.48. The number of esters is 1. The molecule has 2 heteroatoms. The maximum atomic E-state index is 11.4. The largest absolute Gasteiger partial charge is 0.463 e. The number of carbonyl (C=O) groups is 1. The first-order valence-electron chi connectivity index (χ1n) is 6.01. The molecule has 0 aromatic carbocycles. The molecule has 0 radical (unpaired) electrons. The molecule has 0 bridgehead atoms. The van der Waals surface area contributed by atoms with E-state index in [4.69, 9.17) is 4.74 Å². The lowest BCUT2D eigenvalue weighted by molar-refractivity contribution is -0.138. The maximum absolute atomic E-state index is 11.4. The molecule has 0 unspecified atom stereocenters. The molecule has 0 aromatic heterocycles. The third kappa shape index (κ3) is 6.32. The van der Waals surface area contributed by atoms with Gasteiger partial charge in [-0.05, 0) is 32.6 Å². The van der Waals surface area contributed by atoms with Crippen LogP contribution in [0.5, 0.6) is 0 Å². The molecule has 0 aliphatic carbocycles. The van der Waals surface area contributed by atoms with Crippen molar-refractivity contribution in [3.63, 3.8) is 0 Å². The zero-order valence-electron chi connectivity index (χ0n) is 10.5. The minimum atomic E-state index is -0.174. The number of unbranched alkanes of at least 4 members (excludes halogenated alkanes) is 1. The van der Waals surface area contributed by atoms with E-state index in [-0.39, 0.29) is 5.97 Å². The van der Waals surface area contributed by atoms with E-state index in [1.165, 1.54) is 19.3 Å². The number of ether oxygens (including phenoxy) is 1. The highest BCUT2D eigenvalue weighted by molar-refractivity contribution is 5.87. The van der Waals surface area contributed by atoms with Crippen LogP contribution < -0.4 is 0 Å². The highest BCUT2D eigenvalue weighted by Gasteiger charge is 2.08. The predicted molar refractivity (Wildman–Crippen MR) is 63.7 cm³/mol. The Bertz CT molecular complexity index is 207. The van der Waals surface area contributed by atoms with Crippen molar-refractivity contribution in [1.82, 2.24) is 0 Å². The molecule has 0 aliphatic rings. The minimum Gasteiger partial charge on any atom is -0.463 e. The summed E-state index contributed by atoms with van der Waals surface area (Å²) in [5.41, 5.74) is 0.750. The fraction of sp³-hybridized carbons (Fsp3) is 0.769. The Morgan fingerprint density at radius 2 is 2.00 bits per heavy atom. The van der Waals surface area contributed by atoms with Crippen LogP contribution in [0.25, 0.3) is 0 Å². The molecule has 0 aromatic rings. The summed E-state index contributed by atoms with van der Waals surface area (Å²) in [6.07, 6.45) is 6.77. The Kier molecular flexibility index (Phi) is 8.06. The first kappa shape index (κ1) is 14.2. The zero-order valence-corrected chi connectivity index (χ0v) is 10.5. The zero-order chi connectivity index (χ0) is 11.7. The second kappa shape index (κ2) is 8.51. The van der Waals surface area contributed by atoms with Gasteiger partial charge in [0.2, 0.25) is 0 Å². The van der Waals surface area contributed by atoms with Gasteiger partial charge in [0.25, 0.3) is 0 Å². The summed E-state index contributed by atoms with van der Waals surface area (Å²) >= 11 is 0. The van der Waals surface area contributed by atoms with E-state index < -0.39 is 0 Å². The lowest BCUT2D eigenvalue weighted by Crippen LogP contribution is -2.07. The van der Waals surface area contributed by atoms with Gasteiger partial charge in [0.1, 0.15) is 0 Å². The monoisotopic (exact) mass is 212 g/mol. The quantitative estimate of drug-likeness (QED) is 0.475. The van der Waals surface area contributed by atoms with Crippen molar-refractivity contribution in [3.8, 4) is 0 Å². The Hall–Kier alpha value is -0.790. The Labute approximate surface area is 93.7 Å². The molecule has 1 atom stereocenters. The van der Waals surface area contributed by atoms with E-state index >= 15 is 0 Å². The first-order chi connectivity index (χ1) is 7.15. The second-order valence-corrected chi connectivity index (χ2v) is 3.88. The predicted octanol–water partition coefficient (Wildman–Crippen LogP) is 3.71. The number of hydrogen-bond donors (Lipinski definition) is 0. The van der Waals surface area contributed by atoms with Crippen molar-refractivity contribution in [2.45, 2.75) is 53.4 Å². The van der Waals surface area contributed by atoms with Crippen molar-refractivity contribution in [2.75, 3.05) is 6.61 Å². The fourth-order valence-corrected chi connectivity index (χ4v) is 1.54. The van der Waals surface area contributed by atoms with Crippen molar-refractivity contribution >= 4 is 5.97 Å². The fourth-order valence-electron chi connectivity index (χ4n) is 1.54. The van der Waals surface area contributed by atoms with Crippen LogP contribution in [-0.4, -0.2) is 12.6 Å². The topological polar surface area (TPSA) is 26.3 Å². The summed E-state index contributed by atoms with van der Waals surface area (Å²) < 4.78 is 4.95. The standard InChI is InChI=1S/C13H24O2/c1-5-8-9-12(6-2)10-11(4)13(14)15-7-3/h10,12H,5-9H2,1-4H3/b11-10+/t12-/m0/s1. The molecule has 88 valence electrons. The van der Waals surface area contributed by atoms with Crippen LogP contribution in [-0.2, 0) is 9.53 Å². The molecule has 0 spiro atoms. The Morgan fingerprint density at radius 1 is 1.33 bits per heavy atom. The van der Waals surface area contributed by atoms with Crippen molar-refractivity contribution in [3.05, 3.63) is 11.6 Å². The molecule has 0 fully saturated rings. The van der Waals surface area contributed by atoms with Crippen LogP contribution in [0.4, 0.5) is 0 Å². The van der Waals surface area contributed by atoms with Gasteiger partial charge in [-0.15, -0.1) is 0 Å². The first-order valence-corrected chi connectivity index (χ1v) is 6.01. The molecule has 0 aliphatic heterocycles. The molecular weight excluding hydrogens is 188 g/mol. The molecule has 0 saturated carbocycles. The lowest BCUT2D eigenvalue weighted by atomic mass is 9.97. The molecule has 2 nitrogen and oxygen atoms in total. The average molecular weight is 212 g/mol. The number of carbonyl (C=O) groups excluding carboxylic acids is 1. The van der Waals surface area contributed by atoms with Gasteiger partial charge >= 0.3 is 5.97 Å². The van der Waals surface area contributed by atoms with Crippen LogP contribution in [0.1, 0.15) is 53.4 Å². The third-order valence-electron chi connectivity index (χ3n) is 2.54. The van der Waals surface area contributed by atoms with Crippen molar-refractivity contribution in [1.29, 1.82) is 0 Å². The van der Waals surface area contributed by atoms with Gasteiger partial charge in [-0.1, -0.05) is 32.8 Å². The molecule has 0 N–H and O–H groups in total. The van der Waals surface area contributed by atoms with E-state index in [1.807, 2.05) is 13.8 Å². The van der Waals surface area contributed by atoms with Crippen molar-refractivity contribution < 1.29 is 9.53 Å². The van der Waals surface area contributed by atoms with Crippen LogP contribution in [0.2, 0.25) is 0 Å². The second-order valence-electron chi connectivity index (χ2n) is 3.88. The Morgan fingerprint density at radius 3 is 2.47 bits per heavy atom. The smallest absolute Gasteiger partial charge is 0.333 e. The summed E-state index contributed by atoms with van der Waals surface area (Å²) in [5.74, 6) is 0.349. The van der Waals surface area contributed by atoms with E-state index in [1.54, 1.807) is 0 Å². The van der Waals surface area contributed by atoms with E-state index in [2.05, 4.69) is 19.9 Å². The Balaban J connectivity index is 4.20. The minimum absolute atomic E-state index is 0.174. The van der Waals surface area contributed by atoms with Gasteiger partial charge in [0, 0.05) is 5.57 Å². The van der Waals surface area contributed by atoms with Gasteiger partial charge in [0.15, 0.2) is 0 Å².